The number of hydrogen-bond donors (Lipinski definition) is 1. The number of carbonyl (C=O) groups is 1. The van der Waals surface area contributed by atoms with Crippen molar-refractivity contribution < 1.29 is 23.1 Å². The van der Waals surface area contributed by atoms with E-state index in [-0.39, 0.29) is 12.2 Å². The van der Waals surface area contributed by atoms with Crippen molar-refractivity contribution in [2.45, 2.75) is 39.0 Å². The van der Waals surface area contributed by atoms with Crippen LogP contribution < -0.4 is 10.6 Å². The van der Waals surface area contributed by atoms with E-state index in [0.717, 1.165) is 49.6 Å². The summed E-state index contributed by atoms with van der Waals surface area (Å²) in [6.45, 7) is 6.96. The number of imidazole rings is 1. The van der Waals surface area contributed by atoms with Gasteiger partial charge in [0.1, 0.15) is 0 Å². The highest BCUT2D eigenvalue weighted by atomic mass is 19.4. The van der Waals surface area contributed by atoms with Gasteiger partial charge in [0.25, 0.3) is 0 Å². The van der Waals surface area contributed by atoms with Crippen molar-refractivity contribution in [2.24, 2.45) is 0 Å². The van der Waals surface area contributed by atoms with Gasteiger partial charge in [-0.25, -0.2) is 9.59 Å². The summed E-state index contributed by atoms with van der Waals surface area (Å²) in [7, 11) is 0. The third kappa shape index (κ3) is 6.32. The van der Waals surface area contributed by atoms with Crippen molar-refractivity contribution in [3.63, 3.8) is 0 Å². The molecule has 1 amide bonds. The number of alkyl halides is 3. The van der Waals surface area contributed by atoms with E-state index in [0.29, 0.717) is 38.4 Å². The number of para-hydroxylation sites is 2. The highest BCUT2D eigenvalue weighted by molar-refractivity contribution is 5.76. The fraction of sp³-hybridized carbons (Fsp3) is 0.481. The Kier molecular flexibility index (Phi) is 8.65. The molecule has 1 aliphatic heterocycles. The zero-order chi connectivity index (χ0) is 27.3. The largest absolute Gasteiger partial charge is 0.465 e. The van der Waals surface area contributed by atoms with Gasteiger partial charge in [0.15, 0.2) is 0 Å². The number of unbranched alkanes of at least 4 members (excludes halogenated alkanes) is 1. The van der Waals surface area contributed by atoms with Crippen LogP contribution in [0.4, 0.5) is 23.7 Å². The topological polar surface area (TPSA) is 74.0 Å². The van der Waals surface area contributed by atoms with E-state index >= 15 is 0 Å². The molecule has 0 spiro atoms. The third-order valence-corrected chi connectivity index (χ3v) is 7.19. The van der Waals surface area contributed by atoms with Crippen LogP contribution in [-0.2, 0) is 19.3 Å². The van der Waals surface area contributed by atoms with Crippen molar-refractivity contribution in [2.75, 3.05) is 50.7 Å². The summed E-state index contributed by atoms with van der Waals surface area (Å²) in [4.78, 5) is 30.1. The molecule has 206 valence electrons. The van der Waals surface area contributed by atoms with Crippen LogP contribution in [0.15, 0.2) is 53.3 Å². The van der Waals surface area contributed by atoms with E-state index in [1.807, 2.05) is 29.2 Å². The molecule has 0 bridgehead atoms. The van der Waals surface area contributed by atoms with Gasteiger partial charge in [-0.1, -0.05) is 18.2 Å². The van der Waals surface area contributed by atoms with E-state index in [2.05, 4.69) is 4.90 Å². The first-order valence-corrected chi connectivity index (χ1v) is 13.0. The van der Waals surface area contributed by atoms with Crippen molar-refractivity contribution in [3.05, 3.63) is 64.6 Å². The molecule has 1 aliphatic rings. The van der Waals surface area contributed by atoms with Crippen LogP contribution in [0.2, 0.25) is 0 Å². The molecule has 1 N–H and O–H groups in total. The second-order valence-corrected chi connectivity index (χ2v) is 9.52. The number of anilines is 1. The zero-order valence-corrected chi connectivity index (χ0v) is 21.5. The fourth-order valence-corrected chi connectivity index (χ4v) is 5.03. The van der Waals surface area contributed by atoms with Crippen molar-refractivity contribution in [1.29, 1.82) is 0 Å². The molecule has 4 rings (SSSR count). The lowest BCUT2D eigenvalue weighted by Crippen LogP contribution is -2.46. The van der Waals surface area contributed by atoms with Crippen molar-refractivity contribution in [1.82, 2.24) is 18.9 Å². The van der Waals surface area contributed by atoms with Crippen LogP contribution in [-0.4, -0.2) is 75.9 Å². The highest BCUT2D eigenvalue weighted by Gasteiger charge is 2.31. The van der Waals surface area contributed by atoms with Gasteiger partial charge in [0, 0.05) is 58.0 Å². The number of carboxylic acid groups (broad SMARTS) is 1. The summed E-state index contributed by atoms with van der Waals surface area (Å²) < 4.78 is 42.5. The molecule has 2 heterocycles. The molecule has 0 aliphatic carbocycles. The van der Waals surface area contributed by atoms with Crippen LogP contribution in [0.3, 0.4) is 0 Å². The fourth-order valence-electron chi connectivity index (χ4n) is 5.03. The number of likely N-dealkylation sites (N-methyl/N-ethyl adjacent to an activating group) is 1. The van der Waals surface area contributed by atoms with Gasteiger partial charge in [-0.05, 0) is 56.6 Å². The van der Waals surface area contributed by atoms with Crippen LogP contribution in [0, 0.1) is 0 Å². The summed E-state index contributed by atoms with van der Waals surface area (Å²) in [5.41, 5.74) is 1.47. The van der Waals surface area contributed by atoms with Crippen LogP contribution in [0.5, 0.6) is 0 Å². The number of benzene rings is 2. The first kappa shape index (κ1) is 27.6. The molecule has 1 fully saturated rings. The monoisotopic (exact) mass is 533 g/mol. The smallest absolute Gasteiger partial charge is 0.416 e. The molecule has 3 aromatic rings. The molecule has 0 radical (unpaired) electrons. The Morgan fingerprint density at radius 2 is 1.55 bits per heavy atom. The predicted molar refractivity (Wildman–Crippen MR) is 141 cm³/mol. The van der Waals surface area contributed by atoms with Crippen LogP contribution >= 0.6 is 0 Å². The lowest BCUT2D eigenvalue weighted by atomic mass is 10.1. The van der Waals surface area contributed by atoms with E-state index in [4.69, 9.17) is 0 Å². The molecule has 0 atom stereocenters. The summed E-state index contributed by atoms with van der Waals surface area (Å²) in [5, 5.41) is 9.29. The number of fused-ring (bicyclic) bond motifs is 1. The third-order valence-electron chi connectivity index (χ3n) is 7.19. The Balaban J connectivity index is 1.30. The van der Waals surface area contributed by atoms with Gasteiger partial charge in [-0.2, -0.15) is 13.2 Å². The number of halogens is 3. The normalized spacial score (nSPS) is 14.8. The second kappa shape index (κ2) is 11.9. The summed E-state index contributed by atoms with van der Waals surface area (Å²) in [6.07, 6.45) is -3.66. The number of rotatable bonds is 10. The zero-order valence-electron chi connectivity index (χ0n) is 21.5. The molecule has 2 aromatic carbocycles. The van der Waals surface area contributed by atoms with E-state index in [9.17, 15) is 27.9 Å². The molecular weight excluding hydrogens is 499 g/mol. The SMILES string of the molecule is CCN(CCn1c(=O)n(CCCCN2CCN(c3cccc(C(F)(F)F)c3)CC2)c2ccccc21)C(=O)O. The van der Waals surface area contributed by atoms with E-state index in [1.165, 1.54) is 17.0 Å². The first-order valence-electron chi connectivity index (χ1n) is 13.0. The average molecular weight is 534 g/mol. The maximum atomic E-state index is 13.2. The van der Waals surface area contributed by atoms with Gasteiger partial charge in [0.05, 0.1) is 16.6 Å². The van der Waals surface area contributed by atoms with Crippen LogP contribution in [0.1, 0.15) is 25.3 Å². The van der Waals surface area contributed by atoms with Gasteiger partial charge < -0.3 is 14.9 Å². The molecular formula is C27H34F3N5O3. The number of aromatic nitrogens is 2. The quantitative estimate of drug-likeness (QED) is 0.391. The lowest BCUT2D eigenvalue weighted by Gasteiger charge is -2.36. The number of piperazine rings is 1. The van der Waals surface area contributed by atoms with Crippen molar-refractivity contribution in [3.8, 4) is 0 Å². The molecule has 1 saturated heterocycles. The van der Waals surface area contributed by atoms with Gasteiger partial charge in [0.2, 0.25) is 0 Å². The lowest BCUT2D eigenvalue weighted by molar-refractivity contribution is -0.137. The minimum Gasteiger partial charge on any atom is -0.465 e. The Bertz CT molecular complexity index is 1300. The van der Waals surface area contributed by atoms with Crippen LogP contribution in [0.25, 0.3) is 11.0 Å². The summed E-state index contributed by atoms with van der Waals surface area (Å²) in [5.74, 6) is 0. The molecule has 0 saturated carbocycles. The maximum absolute atomic E-state index is 13.2. The number of aryl methyl sites for hydroxylation is 1. The Hall–Kier alpha value is -3.47. The minimum absolute atomic E-state index is 0.137. The van der Waals surface area contributed by atoms with E-state index in [1.54, 1.807) is 22.1 Å². The van der Waals surface area contributed by atoms with E-state index < -0.39 is 17.8 Å². The molecule has 0 unspecified atom stereocenters. The maximum Gasteiger partial charge on any atom is 0.416 e. The molecule has 1 aromatic heterocycles. The molecule has 38 heavy (non-hydrogen) atoms. The Morgan fingerprint density at radius 3 is 2.16 bits per heavy atom. The second-order valence-electron chi connectivity index (χ2n) is 9.52. The Morgan fingerprint density at radius 1 is 0.921 bits per heavy atom. The van der Waals surface area contributed by atoms with Gasteiger partial charge in [-0.15, -0.1) is 0 Å². The number of amides is 1. The average Bonchev–Trinajstić information content (AvgIpc) is 3.17. The minimum atomic E-state index is -4.35. The van der Waals surface area contributed by atoms with Gasteiger partial charge in [-0.3, -0.25) is 14.0 Å². The first-order chi connectivity index (χ1) is 18.2. The predicted octanol–water partition coefficient (Wildman–Crippen LogP) is 4.42. The standard InChI is InChI=1S/C27H34F3N5O3/c1-2-32(26(37)38)18-19-35-24-11-4-3-10-23(24)34(25(35)36)13-6-5-12-31-14-16-33(17-15-31)22-9-7-8-21(20-22)27(28,29)30/h3-4,7-11,20H,2,5-6,12-19H2,1H3,(H,37,38). The molecule has 8 nitrogen and oxygen atoms in total. The number of nitrogens with zero attached hydrogens (tertiary/aromatic N) is 5. The highest BCUT2D eigenvalue weighted by Crippen LogP contribution is 2.31. The molecule has 11 heteroatoms. The number of hydrogen-bond acceptors (Lipinski definition) is 4. The summed E-state index contributed by atoms with van der Waals surface area (Å²) >= 11 is 0. The van der Waals surface area contributed by atoms with Gasteiger partial charge >= 0.3 is 18.0 Å². The summed E-state index contributed by atoms with van der Waals surface area (Å²) in [6, 6.07) is 13.0. The Labute approximate surface area is 219 Å². The van der Waals surface area contributed by atoms with Crippen molar-refractivity contribution >= 4 is 22.8 Å².